The van der Waals surface area contributed by atoms with Gasteiger partial charge in [-0.25, -0.2) is 18.9 Å². The third-order valence-corrected chi connectivity index (χ3v) is 4.62. The normalized spacial score (nSPS) is 10.9. The lowest BCUT2D eigenvalue weighted by Crippen LogP contribution is -2.17. The maximum atomic E-state index is 13.6. The smallest absolute Gasteiger partial charge is 0.264 e. The highest BCUT2D eigenvalue weighted by molar-refractivity contribution is 7.99. The van der Waals surface area contributed by atoms with E-state index < -0.39 is 17.5 Å². The Morgan fingerprint density at radius 2 is 2.13 bits per heavy atom. The Kier molecular flexibility index (Phi) is 6.80. The lowest BCUT2D eigenvalue weighted by Gasteiger charge is -2.06. The number of halogens is 2. The van der Waals surface area contributed by atoms with E-state index in [9.17, 15) is 13.6 Å². The van der Waals surface area contributed by atoms with Gasteiger partial charge in [0.2, 0.25) is 11.1 Å². The van der Waals surface area contributed by atoms with Crippen LogP contribution in [-0.4, -0.2) is 39.9 Å². The summed E-state index contributed by atoms with van der Waals surface area (Å²) in [4.78, 5) is 12.0. The van der Waals surface area contributed by atoms with Crippen molar-refractivity contribution in [1.82, 2.24) is 14.9 Å². The van der Waals surface area contributed by atoms with E-state index in [4.69, 9.17) is 10.6 Å². The number of carbonyl (C=O) groups excluding carboxylic acids is 1. The Morgan fingerprint density at radius 3 is 2.90 bits per heavy atom. The summed E-state index contributed by atoms with van der Waals surface area (Å²) in [5.41, 5.74) is 3.33. The van der Waals surface area contributed by atoms with Crippen LogP contribution in [0.4, 0.5) is 20.4 Å². The first-order chi connectivity index (χ1) is 14.5. The molecule has 4 N–H and O–H groups in total. The zero-order valence-electron chi connectivity index (χ0n) is 15.7. The molecule has 0 aliphatic heterocycles. The maximum absolute atomic E-state index is 13.6. The van der Waals surface area contributed by atoms with Gasteiger partial charge in [-0.1, -0.05) is 23.9 Å². The van der Waals surface area contributed by atoms with Crippen LogP contribution in [0.5, 0.6) is 5.75 Å². The second kappa shape index (κ2) is 9.69. The summed E-state index contributed by atoms with van der Waals surface area (Å²) in [6.45, 7) is 0. The Labute approximate surface area is 174 Å². The Morgan fingerprint density at radius 1 is 1.30 bits per heavy atom. The van der Waals surface area contributed by atoms with Crippen molar-refractivity contribution in [2.45, 2.75) is 5.16 Å². The molecule has 1 aromatic heterocycles. The van der Waals surface area contributed by atoms with E-state index in [1.807, 2.05) is 18.2 Å². The molecule has 30 heavy (non-hydrogen) atoms. The van der Waals surface area contributed by atoms with E-state index in [0.717, 1.165) is 34.1 Å². The van der Waals surface area contributed by atoms with Crippen LogP contribution in [0.1, 0.15) is 5.56 Å². The number of nitrogen functional groups attached to an aromatic ring is 1. The van der Waals surface area contributed by atoms with Crippen LogP contribution in [0.2, 0.25) is 0 Å². The molecular weight excluding hydrogens is 416 g/mol. The molecule has 1 heterocycles. The minimum absolute atomic E-state index is 0.112. The minimum atomic E-state index is -0.865. The number of nitrogens with zero attached hydrogens (tertiary/aromatic N) is 4. The highest BCUT2D eigenvalue weighted by atomic mass is 32.2. The van der Waals surface area contributed by atoms with Gasteiger partial charge in [-0.3, -0.25) is 4.79 Å². The molecule has 0 fully saturated rings. The summed E-state index contributed by atoms with van der Waals surface area (Å²) < 4.78 is 32.8. The molecule has 2 aromatic carbocycles. The van der Waals surface area contributed by atoms with Crippen molar-refractivity contribution >= 4 is 35.5 Å². The summed E-state index contributed by atoms with van der Waals surface area (Å²) in [6, 6.07) is 10.1. The number of thioether (sulfide) groups is 1. The number of aromatic nitrogens is 3. The molecule has 0 bridgehead atoms. The molecule has 9 nitrogen and oxygen atoms in total. The van der Waals surface area contributed by atoms with Gasteiger partial charge in [-0.15, -0.1) is 10.2 Å². The molecule has 0 saturated heterocycles. The van der Waals surface area contributed by atoms with Gasteiger partial charge in [-0.05, 0) is 29.8 Å². The number of ether oxygens (including phenoxy) is 1. The molecule has 0 spiro atoms. The lowest BCUT2D eigenvalue weighted by molar-refractivity contribution is -0.113. The molecule has 0 radical (unpaired) electrons. The van der Waals surface area contributed by atoms with Gasteiger partial charge in [0.05, 0.1) is 24.8 Å². The van der Waals surface area contributed by atoms with Crippen molar-refractivity contribution in [3.63, 3.8) is 0 Å². The number of amides is 1. The quantitative estimate of drug-likeness (QED) is 0.216. The SMILES string of the molecule is COc1cccc(/C=N/Nc2nnc(SCC(=O)Nc3ccc(F)cc3F)n2N)c1. The van der Waals surface area contributed by atoms with Gasteiger partial charge < -0.3 is 15.9 Å². The molecule has 156 valence electrons. The number of carbonyl (C=O) groups is 1. The lowest BCUT2D eigenvalue weighted by atomic mass is 10.2. The van der Waals surface area contributed by atoms with Crippen molar-refractivity contribution in [3.8, 4) is 5.75 Å². The molecule has 0 aliphatic rings. The average Bonchev–Trinajstić information content (AvgIpc) is 3.08. The number of rotatable bonds is 8. The third kappa shape index (κ3) is 5.44. The number of benzene rings is 2. The van der Waals surface area contributed by atoms with Crippen LogP contribution in [0.3, 0.4) is 0 Å². The van der Waals surface area contributed by atoms with Crippen LogP contribution < -0.4 is 21.3 Å². The zero-order valence-corrected chi connectivity index (χ0v) is 16.5. The Hall–Kier alpha value is -3.67. The van der Waals surface area contributed by atoms with Crippen molar-refractivity contribution in [1.29, 1.82) is 0 Å². The third-order valence-electron chi connectivity index (χ3n) is 3.67. The predicted molar refractivity (Wildman–Crippen MR) is 110 cm³/mol. The fourth-order valence-corrected chi connectivity index (χ4v) is 2.90. The van der Waals surface area contributed by atoms with Crippen molar-refractivity contribution in [2.24, 2.45) is 5.10 Å². The van der Waals surface area contributed by atoms with E-state index in [1.165, 1.54) is 0 Å². The van der Waals surface area contributed by atoms with Gasteiger partial charge in [0.25, 0.3) is 5.95 Å². The Bertz CT molecular complexity index is 1070. The summed E-state index contributed by atoms with van der Waals surface area (Å²) >= 11 is 0.986. The highest BCUT2D eigenvalue weighted by Gasteiger charge is 2.13. The summed E-state index contributed by atoms with van der Waals surface area (Å²) in [6.07, 6.45) is 1.55. The Balaban J connectivity index is 1.54. The minimum Gasteiger partial charge on any atom is -0.497 e. The number of methoxy groups -OCH3 is 1. The molecular formula is C18H17F2N7O2S. The monoisotopic (exact) mass is 433 g/mol. The molecule has 0 aliphatic carbocycles. The van der Waals surface area contributed by atoms with E-state index >= 15 is 0 Å². The van der Waals surface area contributed by atoms with Crippen LogP contribution >= 0.6 is 11.8 Å². The van der Waals surface area contributed by atoms with E-state index in [-0.39, 0.29) is 22.5 Å². The van der Waals surface area contributed by atoms with E-state index in [2.05, 4.69) is 26.0 Å². The van der Waals surface area contributed by atoms with Gasteiger partial charge >= 0.3 is 0 Å². The molecule has 3 aromatic rings. The maximum Gasteiger partial charge on any atom is 0.264 e. The summed E-state index contributed by atoms with van der Waals surface area (Å²) in [7, 11) is 1.57. The molecule has 12 heteroatoms. The number of anilines is 2. The van der Waals surface area contributed by atoms with Crippen molar-refractivity contribution in [2.75, 3.05) is 29.4 Å². The fourth-order valence-electron chi connectivity index (χ4n) is 2.25. The largest absolute Gasteiger partial charge is 0.497 e. The second-order valence-electron chi connectivity index (χ2n) is 5.78. The number of hydrogen-bond donors (Lipinski definition) is 3. The van der Waals surface area contributed by atoms with Gasteiger partial charge in [-0.2, -0.15) is 5.10 Å². The molecule has 0 saturated carbocycles. The van der Waals surface area contributed by atoms with Gasteiger partial charge in [0.1, 0.15) is 17.4 Å². The van der Waals surface area contributed by atoms with Gasteiger partial charge in [0, 0.05) is 6.07 Å². The molecule has 1 amide bonds. The molecule has 3 rings (SSSR count). The van der Waals surface area contributed by atoms with Crippen LogP contribution in [-0.2, 0) is 4.79 Å². The number of nitrogens with two attached hydrogens (primary N) is 1. The first-order valence-corrected chi connectivity index (χ1v) is 9.46. The van der Waals surface area contributed by atoms with Crippen LogP contribution in [0.25, 0.3) is 0 Å². The second-order valence-corrected chi connectivity index (χ2v) is 6.73. The predicted octanol–water partition coefficient (Wildman–Crippen LogP) is 2.46. The van der Waals surface area contributed by atoms with Crippen LogP contribution in [0.15, 0.2) is 52.7 Å². The van der Waals surface area contributed by atoms with Crippen molar-refractivity contribution < 1.29 is 18.3 Å². The number of nitrogens with one attached hydrogen (secondary N) is 2. The van der Waals surface area contributed by atoms with Crippen molar-refractivity contribution in [3.05, 3.63) is 59.7 Å². The molecule has 0 atom stereocenters. The van der Waals surface area contributed by atoms with Gasteiger partial charge in [0.15, 0.2) is 0 Å². The first kappa shape index (κ1) is 21.0. The first-order valence-electron chi connectivity index (χ1n) is 8.47. The topological polar surface area (TPSA) is 119 Å². The average molecular weight is 433 g/mol. The fraction of sp³-hybridized carbons (Fsp3) is 0.111. The highest BCUT2D eigenvalue weighted by Crippen LogP contribution is 2.19. The summed E-state index contributed by atoms with van der Waals surface area (Å²) in [5, 5.41) is 14.3. The number of hydrogen-bond acceptors (Lipinski definition) is 8. The van der Waals surface area contributed by atoms with E-state index in [1.54, 1.807) is 19.4 Å². The summed E-state index contributed by atoms with van der Waals surface area (Å²) in [5.74, 6) is 4.51. The number of hydrazone groups is 1. The van der Waals surface area contributed by atoms with Crippen LogP contribution in [0, 0.1) is 11.6 Å². The molecule has 0 unspecified atom stereocenters. The van der Waals surface area contributed by atoms with E-state index in [0.29, 0.717) is 11.8 Å². The standard InChI is InChI=1S/C18H17F2N7O2S/c1-29-13-4-2-3-11(7-13)9-22-24-17-25-26-18(27(17)21)30-10-16(28)23-15-6-5-12(19)8-14(15)20/h2-9H,10,21H2,1H3,(H,23,28)(H,24,25)/b22-9+. The zero-order chi connectivity index (χ0) is 21.5.